The standard InChI is InChI=1S/C17H23N3O2/c21-16(12-13-4-2-1-3-5-13)19-14-6-8-15(9-7-14)20-11-10-18-17(20)22/h6-9,13H,1-5,10-12H2,(H,18,22)(H,19,21). The van der Waals surface area contributed by atoms with Crippen molar-refractivity contribution in [1.82, 2.24) is 5.32 Å². The SMILES string of the molecule is O=C(CC1CCCCC1)Nc1ccc(N2CCNC2=O)cc1. The van der Waals surface area contributed by atoms with Gasteiger partial charge in [-0.15, -0.1) is 0 Å². The second kappa shape index (κ2) is 6.81. The third kappa shape index (κ3) is 3.59. The van der Waals surface area contributed by atoms with Gasteiger partial charge in [0.15, 0.2) is 0 Å². The first-order valence-electron chi connectivity index (χ1n) is 8.17. The van der Waals surface area contributed by atoms with Gasteiger partial charge in [0.1, 0.15) is 0 Å². The number of nitrogens with zero attached hydrogens (tertiary/aromatic N) is 1. The van der Waals surface area contributed by atoms with Crippen LogP contribution in [-0.4, -0.2) is 25.0 Å². The maximum Gasteiger partial charge on any atom is 0.321 e. The van der Waals surface area contributed by atoms with Crippen LogP contribution in [-0.2, 0) is 4.79 Å². The molecule has 22 heavy (non-hydrogen) atoms. The molecule has 1 saturated heterocycles. The zero-order valence-corrected chi connectivity index (χ0v) is 12.8. The van der Waals surface area contributed by atoms with Gasteiger partial charge in [0.25, 0.3) is 0 Å². The normalized spacial score (nSPS) is 19.1. The van der Waals surface area contributed by atoms with E-state index in [0.717, 1.165) is 11.4 Å². The molecule has 1 saturated carbocycles. The van der Waals surface area contributed by atoms with E-state index in [2.05, 4.69) is 10.6 Å². The van der Waals surface area contributed by atoms with Crippen molar-refractivity contribution in [1.29, 1.82) is 0 Å². The molecule has 1 aromatic rings. The molecule has 2 N–H and O–H groups in total. The Labute approximate surface area is 131 Å². The second-order valence-electron chi connectivity index (χ2n) is 6.19. The van der Waals surface area contributed by atoms with Crippen molar-refractivity contribution in [2.75, 3.05) is 23.3 Å². The second-order valence-corrected chi connectivity index (χ2v) is 6.19. The molecule has 3 rings (SSSR count). The topological polar surface area (TPSA) is 61.4 Å². The lowest BCUT2D eigenvalue weighted by Gasteiger charge is -2.21. The van der Waals surface area contributed by atoms with Crippen molar-refractivity contribution >= 4 is 23.3 Å². The van der Waals surface area contributed by atoms with Crippen molar-refractivity contribution in [3.05, 3.63) is 24.3 Å². The lowest BCUT2D eigenvalue weighted by molar-refractivity contribution is -0.117. The van der Waals surface area contributed by atoms with Crippen LogP contribution in [0.2, 0.25) is 0 Å². The summed E-state index contributed by atoms with van der Waals surface area (Å²) in [7, 11) is 0. The fourth-order valence-electron chi connectivity index (χ4n) is 3.31. The van der Waals surface area contributed by atoms with Crippen LogP contribution in [0.1, 0.15) is 38.5 Å². The van der Waals surface area contributed by atoms with E-state index in [4.69, 9.17) is 0 Å². The van der Waals surface area contributed by atoms with E-state index in [-0.39, 0.29) is 11.9 Å². The Morgan fingerprint density at radius 2 is 1.91 bits per heavy atom. The van der Waals surface area contributed by atoms with Crippen LogP contribution in [0, 0.1) is 5.92 Å². The predicted octanol–water partition coefficient (Wildman–Crippen LogP) is 3.13. The van der Waals surface area contributed by atoms with Crippen molar-refractivity contribution in [3.8, 4) is 0 Å². The first kappa shape index (κ1) is 14.9. The Morgan fingerprint density at radius 1 is 1.18 bits per heavy atom. The molecule has 5 heteroatoms. The molecule has 1 aliphatic heterocycles. The zero-order chi connectivity index (χ0) is 15.4. The van der Waals surface area contributed by atoms with Gasteiger partial charge in [-0.25, -0.2) is 4.79 Å². The molecule has 0 bridgehead atoms. The van der Waals surface area contributed by atoms with E-state index in [0.29, 0.717) is 25.4 Å². The summed E-state index contributed by atoms with van der Waals surface area (Å²) in [5.74, 6) is 0.639. The Balaban J connectivity index is 1.54. The molecule has 0 atom stereocenters. The lowest BCUT2D eigenvalue weighted by Crippen LogP contribution is -2.27. The van der Waals surface area contributed by atoms with Crippen LogP contribution >= 0.6 is 0 Å². The average molecular weight is 301 g/mol. The zero-order valence-electron chi connectivity index (χ0n) is 12.8. The summed E-state index contributed by atoms with van der Waals surface area (Å²) in [4.78, 5) is 25.4. The number of carbonyl (C=O) groups excluding carboxylic acids is 2. The molecule has 1 aromatic carbocycles. The van der Waals surface area contributed by atoms with Crippen LogP contribution in [0.4, 0.5) is 16.2 Å². The van der Waals surface area contributed by atoms with Gasteiger partial charge in [0.05, 0.1) is 0 Å². The molecule has 3 amide bonds. The number of hydrogen-bond donors (Lipinski definition) is 2. The van der Waals surface area contributed by atoms with E-state index in [1.54, 1.807) is 4.90 Å². The van der Waals surface area contributed by atoms with Gasteiger partial charge in [0, 0.05) is 30.9 Å². The van der Waals surface area contributed by atoms with Gasteiger partial charge in [-0.2, -0.15) is 0 Å². The molecule has 2 fully saturated rings. The summed E-state index contributed by atoms with van der Waals surface area (Å²) in [5.41, 5.74) is 1.66. The van der Waals surface area contributed by atoms with E-state index in [9.17, 15) is 9.59 Å². The minimum Gasteiger partial charge on any atom is -0.336 e. The van der Waals surface area contributed by atoms with E-state index in [1.165, 1.54) is 32.1 Å². The van der Waals surface area contributed by atoms with Crippen LogP contribution < -0.4 is 15.5 Å². The predicted molar refractivity (Wildman–Crippen MR) is 87.0 cm³/mol. The van der Waals surface area contributed by atoms with Crippen molar-refractivity contribution in [2.24, 2.45) is 5.92 Å². The highest BCUT2D eigenvalue weighted by atomic mass is 16.2. The highest BCUT2D eigenvalue weighted by Gasteiger charge is 2.21. The molecule has 0 radical (unpaired) electrons. The number of carbonyl (C=O) groups is 2. The minimum absolute atomic E-state index is 0.0610. The summed E-state index contributed by atoms with van der Waals surface area (Å²) in [5, 5.41) is 5.74. The highest BCUT2D eigenvalue weighted by Crippen LogP contribution is 2.27. The van der Waals surface area contributed by atoms with Crippen molar-refractivity contribution in [2.45, 2.75) is 38.5 Å². The maximum atomic E-state index is 12.1. The third-order valence-electron chi connectivity index (χ3n) is 4.52. The Bertz CT molecular complexity index is 535. The number of urea groups is 1. The number of benzene rings is 1. The molecule has 1 aliphatic carbocycles. The lowest BCUT2D eigenvalue weighted by atomic mass is 9.87. The fourth-order valence-corrected chi connectivity index (χ4v) is 3.31. The molecule has 0 aromatic heterocycles. The number of nitrogens with one attached hydrogen (secondary N) is 2. The summed E-state index contributed by atoms with van der Waals surface area (Å²) in [6.07, 6.45) is 6.79. The van der Waals surface area contributed by atoms with E-state index < -0.39 is 0 Å². The van der Waals surface area contributed by atoms with Gasteiger partial charge in [0.2, 0.25) is 5.91 Å². The molecular weight excluding hydrogens is 278 g/mol. The van der Waals surface area contributed by atoms with Crippen LogP contribution in [0.3, 0.4) is 0 Å². The van der Waals surface area contributed by atoms with Gasteiger partial charge >= 0.3 is 6.03 Å². The van der Waals surface area contributed by atoms with Crippen LogP contribution in [0.25, 0.3) is 0 Å². The number of hydrogen-bond acceptors (Lipinski definition) is 2. The average Bonchev–Trinajstić information content (AvgIpc) is 2.95. The summed E-state index contributed by atoms with van der Waals surface area (Å²) in [6, 6.07) is 7.41. The highest BCUT2D eigenvalue weighted by molar-refractivity contribution is 5.95. The summed E-state index contributed by atoms with van der Waals surface area (Å²) in [6.45, 7) is 1.37. The molecule has 2 aliphatic rings. The maximum absolute atomic E-state index is 12.1. The van der Waals surface area contributed by atoms with Gasteiger partial charge in [-0.1, -0.05) is 19.3 Å². The van der Waals surface area contributed by atoms with Gasteiger partial charge in [-0.3, -0.25) is 9.69 Å². The first-order chi connectivity index (χ1) is 10.7. The Hall–Kier alpha value is -2.04. The molecule has 1 heterocycles. The molecule has 118 valence electrons. The number of anilines is 2. The van der Waals surface area contributed by atoms with Gasteiger partial charge < -0.3 is 10.6 Å². The van der Waals surface area contributed by atoms with Crippen LogP contribution in [0.15, 0.2) is 24.3 Å². The van der Waals surface area contributed by atoms with Crippen molar-refractivity contribution < 1.29 is 9.59 Å². The molecular formula is C17H23N3O2. The minimum atomic E-state index is -0.0610. The van der Waals surface area contributed by atoms with E-state index in [1.807, 2.05) is 24.3 Å². The summed E-state index contributed by atoms with van der Waals surface area (Å²) < 4.78 is 0. The smallest absolute Gasteiger partial charge is 0.321 e. The quantitative estimate of drug-likeness (QED) is 0.897. The first-order valence-corrected chi connectivity index (χ1v) is 8.17. The Morgan fingerprint density at radius 3 is 2.55 bits per heavy atom. The third-order valence-corrected chi connectivity index (χ3v) is 4.52. The monoisotopic (exact) mass is 301 g/mol. The molecule has 0 spiro atoms. The van der Waals surface area contributed by atoms with Crippen molar-refractivity contribution in [3.63, 3.8) is 0 Å². The van der Waals surface area contributed by atoms with E-state index >= 15 is 0 Å². The number of rotatable bonds is 4. The molecule has 0 unspecified atom stereocenters. The number of amides is 3. The largest absolute Gasteiger partial charge is 0.336 e. The molecule has 5 nitrogen and oxygen atoms in total. The van der Waals surface area contributed by atoms with Gasteiger partial charge in [-0.05, 0) is 43.0 Å². The summed E-state index contributed by atoms with van der Waals surface area (Å²) >= 11 is 0. The Kier molecular flexibility index (Phi) is 4.61. The fraction of sp³-hybridized carbons (Fsp3) is 0.529. The van der Waals surface area contributed by atoms with Crippen LogP contribution in [0.5, 0.6) is 0 Å².